The molecule has 2 aromatic carbocycles. The SMILES string of the molecule is CCc1ccc(C(=O)NC(CCSC)C(=O)O)c(-c2ccccc2C)c1.O=CNC1CCCCC1.[LiH]. The first-order valence-corrected chi connectivity index (χ1v) is 13.7. The quantitative estimate of drug-likeness (QED) is 0.324. The average molecular weight is 507 g/mol. The number of thioether (sulfide) groups is 1. The predicted molar refractivity (Wildman–Crippen MR) is 151 cm³/mol. The van der Waals surface area contributed by atoms with Crippen LogP contribution in [0.5, 0.6) is 0 Å². The van der Waals surface area contributed by atoms with Crippen LogP contribution in [-0.4, -0.2) is 66.3 Å². The van der Waals surface area contributed by atoms with Crippen LogP contribution in [0.2, 0.25) is 0 Å². The number of nitrogens with one attached hydrogen (secondary N) is 2. The molecular formula is C28H39LiN2O4S. The van der Waals surface area contributed by atoms with Gasteiger partial charge in [0.05, 0.1) is 0 Å². The fourth-order valence-electron chi connectivity index (χ4n) is 4.20. The van der Waals surface area contributed by atoms with Gasteiger partial charge in [-0.15, -0.1) is 0 Å². The number of carbonyl (C=O) groups excluding carboxylic acids is 2. The van der Waals surface area contributed by atoms with Crippen LogP contribution in [0.1, 0.15) is 66.9 Å². The number of carbonyl (C=O) groups is 3. The van der Waals surface area contributed by atoms with Crippen molar-refractivity contribution in [2.75, 3.05) is 12.0 Å². The van der Waals surface area contributed by atoms with Crippen molar-refractivity contribution in [3.8, 4) is 11.1 Å². The van der Waals surface area contributed by atoms with Crippen LogP contribution in [0.4, 0.5) is 0 Å². The molecule has 1 saturated carbocycles. The Labute approximate surface area is 231 Å². The molecule has 0 aliphatic heterocycles. The molecule has 2 aromatic rings. The van der Waals surface area contributed by atoms with Gasteiger partial charge in [0.1, 0.15) is 6.04 Å². The third-order valence-corrected chi connectivity index (χ3v) is 6.94. The number of rotatable bonds is 10. The van der Waals surface area contributed by atoms with E-state index < -0.39 is 12.0 Å². The molecule has 0 saturated heterocycles. The van der Waals surface area contributed by atoms with Crippen LogP contribution < -0.4 is 10.6 Å². The zero-order chi connectivity index (χ0) is 25.6. The van der Waals surface area contributed by atoms with Crippen molar-refractivity contribution in [2.45, 2.75) is 70.9 Å². The number of benzene rings is 2. The van der Waals surface area contributed by atoms with E-state index in [0.717, 1.165) is 35.1 Å². The van der Waals surface area contributed by atoms with Crippen molar-refractivity contribution in [2.24, 2.45) is 0 Å². The topological polar surface area (TPSA) is 95.5 Å². The summed E-state index contributed by atoms with van der Waals surface area (Å²) >= 11 is 1.56. The van der Waals surface area contributed by atoms with E-state index in [9.17, 15) is 19.5 Å². The van der Waals surface area contributed by atoms with E-state index in [4.69, 9.17) is 0 Å². The van der Waals surface area contributed by atoms with Gasteiger partial charge in [0.15, 0.2) is 0 Å². The van der Waals surface area contributed by atoms with Gasteiger partial charge in [-0.1, -0.05) is 62.6 Å². The van der Waals surface area contributed by atoms with Crippen LogP contribution in [0, 0.1) is 6.92 Å². The number of hydrogen-bond donors (Lipinski definition) is 3. The van der Waals surface area contributed by atoms with Crippen molar-refractivity contribution in [3.05, 3.63) is 59.2 Å². The van der Waals surface area contributed by atoms with E-state index in [1.54, 1.807) is 17.8 Å². The third-order valence-electron chi connectivity index (χ3n) is 6.30. The number of aryl methyl sites for hydroxylation is 2. The number of amides is 2. The fourth-order valence-corrected chi connectivity index (χ4v) is 4.67. The summed E-state index contributed by atoms with van der Waals surface area (Å²) in [5.74, 6) is -0.675. The van der Waals surface area contributed by atoms with Crippen molar-refractivity contribution in [3.63, 3.8) is 0 Å². The van der Waals surface area contributed by atoms with Crippen LogP contribution in [0.3, 0.4) is 0 Å². The maximum atomic E-state index is 12.8. The van der Waals surface area contributed by atoms with E-state index in [1.165, 1.54) is 32.1 Å². The van der Waals surface area contributed by atoms with E-state index >= 15 is 0 Å². The Balaban J connectivity index is 0.000000546. The number of hydrogen-bond acceptors (Lipinski definition) is 4. The Kier molecular flexibility index (Phi) is 15.3. The molecule has 2 amide bonds. The third kappa shape index (κ3) is 10.0. The molecule has 3 N–H and O–H groups in total. The molecular weight excluding hydrogens is 467 g/mol. The summed E-state index contributed by atoms with van der Waals surface area (Å²) in [7, 11) is 0. The number of carboxylic acid groups (broad SMARTS) is 1. The second kappa shape index (κ2) is 17.3. The van der Waals surface area contributed by atoms with E-state index in [0.29, 0.717) is 23.8 Å². The normalized spacial score (nSPS) is 13.9. The Hall–Kier alpha value is -2.20. The molecule has 0 spiro atoms. The van der Waals surface area contributed by atoms with E-state index in [2.05, 4.69) is 17.6 Å². The summed E-state index contributed by atoms with van der Waals surface area (Å²) < 4.78 is 0. The maximum absolute atomic E-state index is 12.8. The van der Waals surface area contributed by atoms with Gasteiger partial charge >= 0.3 is 24.8 Å². The first kappa shape index (κ1) is 31.8. The minimum absolute atomic E-state index is 0. The molecule has 1 fully saturated rings. The van der Waals surface area contributed by atoms with Gasteiger partial charge in [0, 0.05) is 11.6 Å². The molecule has 1 aliphatic carbocycles. The van der Waals surface area contributed by atoms with Crippen molar-refractivity contribution in [1.82, 2.24) is 10.6 Å². The molecule has 0 aromatic heterocycles. The molecule has 1 aliphatic rings. The van der Waals surface area contributed by atoms with Gasteiger partial charge < -0.3 is 15.7 Å². The Bertz CT molecular complexity index is 980. The summed E-state index contributed by atoms with van der Waals surface area (Å²) in [6.07, 6.45) is 10.3. The van der Waals surface area contributed by atoms with Gasteiger partial charge in [-0.05, 0) is 72.9 Å². The molecule has 0 bridgehead atoms. The molecule has 3 rings (SSSR count). The van der Waals surface area contributed by atoms with Gasteiger partial charge in [0.25, 0.3) is 5.91 Å². The summed E-state index contributed by atoms with van der Waals surface area (Å²) in [6.45, 7) is 4.08. The van der Waals surface area contributed by atoms with E-state index in [1.807, 2.05) is 49.6 Å². The average Bonchev–Trinajstić information content (AvgIpc) is 2.87. The first-order valence-electron chi connectivity index (χ1n) is 12.3. The monoisotopic (exact) mass is 506 g/mol. The molecule has 1 unspecified atom stereocenters. The molecule has 192 valence electrons. The summed E-state index contributed by atoms with van der Waals surface area (Å²) in [4.78, 5) is 34.3. The summed E-state index contributed by atoms with van der Waals surface area (Å²) in [5.41, 5.74) is 4.55. The molecule has 0 heterocycles. The minimum atomic E-state index is -1.00. The second-order valence-corrected chi connectivity index (χ2v) is 9.80. The molecule has 36 heavy (non-hydrogen) atoms. The summed E-state index contributed by atoms with van der Waals surface area (Å²) in [5, 5.41) is 14.9. The van der Waals surface area contributed by atoms with Crippen molar-refractivity contribution >= 4 is 48.9 Å². The predicted octanol–water partition coefficient (Wildman–Crippen LogP) is 4.58. The van der Waals surface area contributed by atoms with E-state index in [-0.39, 0.29) is 24.8 Å². The molecule has 1 atom stereocenters. The van der Waals surface area contributed by atoms with Gasteiger partial charge in [-0.2, -0.15) is 11.8 Å². The standard InChI is InChI=1S/C21H25NO3S.C7H13NO.Li.H/c1-4-15-9-10-17(18(13-15)16-8-6-5-7-14(16)2)20(23)22-19(21(24)25)11-12-26-3;9-6-8-7-4-2-1-3-5-7;;/h5-10,13,19H,4,11-12H2,1-3H3,(H,22,23)(H,24,25);6-7H,1-5H2,(H,8,9);;. The number of carboxylic acids is 1. The first-order chi connectivity index (χ1) is 16.9. The summed E-state index contributed by atoms with van der Waals surface area (Å²) in [6, 6.07) is 13.2. The zero-order valence-electron chi connectivity index (χ0n) is 21.0. The molecule has 6 nitrogen and oxygen atoms in total. The second-order valence-electron chi connectivity index (χ2n) is 8.81. The van der Waals surface area contributed by atoms with Gasteiger partial charge in [-0.3, -0.25) is 9.59 Å². The Morgan fingerprint density at radius 3 is 2.39 bits per heavy atom. The van der Waals surface area contributed by atoms with Crippen LogP contribution in [0.25, 0.3) is 11.1 Å². The van der Waals surface area contributed by atoms with Crippen LogP contribution in [0.15, 0.2) is 42.5 Å². The van der Waals surface area contributed by atoms with Gasteiger partial charge in [-0.25, -0.2) is 4.79 Å². The number of aliphatic carboxylic acids is 1. The van der Waals surface area contributed by atoms with Crippen molar-refractivity contribution < 1.29 is 19.5 Å². The van der Waals surface area contributed by atoms with Crippen LogP contribution in [-0.2, 0) is 16.0 Å². The molecule has 8 heteroatoms. The van der Waals surface area contributed by atoms with Crippen LogP contribution >= 0.6 is 11.8 Å². The van der Waals surface area contributed by atoms with Gasteiger partial charge in [0.2, 0.25) is 6.41 Å². The zero-order valence-corrected chi connectivity index (χ0v) is 21.8. The Morgan fingerprint density at radius 1 is 1.11 bits per heavy atom. The molecule has 0 radical (unpaired) electrons. The Morgan fingerprint density at radius 2 is 1.81 bits per heavy atom. The van der Waals surface area contributed by atoms with Crippen molar-refractivity contribution in [1.29, 1.82) is 0 Å². The fraction of sp³-hybridized carbons (Fsp3) is 0.464.